The molecule has 1 amide bonds. The predicted octanol–water partition coefficient (Wildman–Crippen LogP) is 3.93. The smallest absolute Gasteiger partial charge is 0.267 e. The second-order valence-electron chi connectivity index (χ2n) is 9.42. The van der Waals surface area contributed by atoms with E-state index in [1.807, 2.05) is 0 Å². The van der Waals surface area contributed by atoms with Crippen molar-refractivity contribution in [3.05, 3.63) is 58.4 Å². The van der Waals surface area contributed by atoms with Crippen molar-refractivity contribution in [1.29, 1.82) is 0 Å². The molecule has 6 heteroatoms. The van der Waals surface area contributed by atoms with E-state index in [1.54, 1.807) is 12.1 Å². The molecule has 1 aromatic carbocycles. The summed E-state index contributed by atoms with van der Waals surface area (Å²) in [5.41, 5.74) is 1.17. The van der Waals surface area contributed by atoms with Gasteiger partial charge >= 0.3 is 0 Å². The van der Waals surface area contributed by atoms with Gasteiger partial charge in [-0.05, 0) is 49.7 Å². The van der Waals surface area contributed by atoms with Crippen LogP contribution in [0.25, 0.3) is 0 Å². The topological polar surface area (TPSA) is 67.2 Å². The van der Waals surface area contributed by atoms with E-state index < -0.39 is 0 Å². The average Bonchev–Trinajstić information content (AvgIpc) is 2.78. The van der Waals surface area contributed by atoms with Gasteiger partial charge in [0.05, 0.1) is 0 Å². The van der Waals surface area contributed by atoms with Gasteiger partial charge in [-0.1, -0.05) is 62.4 Å². The zero-order chi connectivity index (χ0) is 22.2. The van der Waals surface area contributed by atoms with Crippen molar-refractivity contribution in [2.45, 2.75) is 76.8 Å². The Morgan fingerprint density at radius 1 is 0.906 bits per heavy atom. The van der Waals surface area contributed by atoms with Gasteiger partial charge in [0, 0.05) is 25.2 Å². The molecule has 1 aliphatic heterocycles. The molecule has 2 aromatic rings. The van der Waals surface area contributed by atoms with Crippen molar-refractivity contribution < 1.29 is 4.79 Å². The van der Waals surface area contributed by atoms with Gasteiger partial charge in [0.2, 0.25) is 5.91 Å². The first kappa shape index (κ1) is 22.6. The van der Waals surface area contributed by atoms with E-state index >= 15 is 0 Å². The molecule has 1 N–H and O–H groups in total. The third-order valence-electron chi connectivity index (χ3n) is 6.92. The number of carbonyl (C=O) groups is 1. The zero-order valence-electron chi connectivity index (χ0n) is 19.0. The van der Waals surface area contributed by atoms with Gasteiger partial charge in [-0.3, -0.25) is 9.59 Å². The first-order valence-corrected chi connectivity index (χ1v) is 12.3. The fraction of sp³-hybridized carbons (Fsp3) is 0.577. The fourth-order valence-corrected chi connectivity index (χ4v) is 5.04. The Morgan fingerprint density at radius 3 is 2.31 bits per heavy atom. The van der Waals surface area contributed by atoms with Crippen LogP contribution in [0, 0.1) is 5.92 Å². The van der Waals surface area contributed by atoms with Crippen LogP contribution in [-0.4, -0.2) is 34.8 Å². The number of piperidine rings is 1. The molecule has 172 valence electrons. The Morgan fingerprint density at radius 2 is 1.59 bits per heavy atom. The van der Waals surface area contributed by atoms with Gasteiger partial charge in [-0.2, -0.15) is 5.10 Å². The maximum atomic E-state index is 12.6. The van der Waals surface area contributed by atoms with Crippen molar-refractivity contribution in [1.82, 2.24) is 15.1 Å². The molecule has 0 radical (unpaired) electrons. The predicted molar refractivity (Wildman–Crippen MR) is 128 cm³/mol. The Balaban J connectivity index is 1.31. The molecule has 0 bridgehead atoms. The number of amides is 1. The second kappa shape index (κ2) is 11.3. The number of aromatic nitrogens is 2. The minimum absolute atomic E-state index is 0.00630. The van der Waals surface area contributed by atoms with Gasteiger partial charge in [0.25, 0.3) is 5.56 Å². The number of nitrogens with one attached hydrogen (secondary N) is 1. The number of rotatable bonds is 6. The summed E-state index contributed by atoms with van der Waals surface area (Å²) in [5.74, 6) is 1.36. The SMILES string of the molecule is O=C(Cn1nc(N2CCC(Cc3ccccc3)CC2)ccc1=O)NC1CCCCCCC1. The highest BCUT2D eigenvalue weighted by atomic mass is 16.2. The van der Waals surface area contributed by atoms with Gasteiger partial charge in [-0.15, -0.1) is 0 Å². The molecule has 1 aliphatic carbocycles. The quantitative estimate of drug-likeness (QED) is 0.745. The first-order chi connectivity index (χ1) is 15.7. The van der Waals surface area contributed by atoms with Crippen LogP contribution in [0.5, 0.6) is 0 Å². The summed E-state index contributed by atoms with van der Waals surface area (Å²) >= 11 is 0. The maximum absolute atomic E-state index is 12.6. The zero-order valence-corrected chi connectivity index (χ0v) is 19.0. The molecule has 1 saturated carbocycles. The van der Waals surface area contributed by atoms with Gasteiger partial charge in [-0.25, -0.2) is 4.68 Å². The minimum Gasteiger partial charge on any atom is -0.355 e. The van der Waals surface area contributed by atoms with E-state index in [0.29, 0.717) is 5.92 Å². The molecule has 2 aliphatic rings. The normalized spacial score (nSPS) is 18.7. The van der Waals surface area contributed by atoms with E-state index in [4.69, 9.17) is 0 Å². The van der Waals surface area contributed by atoms with Crippen molar-refractivity contribution >= 4 is 11.7 Å². The van der Waals surface area contributed by atoms with E-state index in [-0.39, 0.29) is 24.1 Å². The fourth-order valence-electron chi connectivity index (χ4n) is 5.04. The van der Waals surface area contributed by atoms with Crippen molar-refractivity contribution in [3.63, 3.8) is 0 Å². The van der Waals surface area contributed by atoms with Crippen molar-refractivity contribution in [3.8, 4) is 0 Å². The lowest BCUT2D eigenvalue weighted by Crippen LogP contribution is -2.41. The number of anilines is 1. The molecule has 1 aromatic heterocycles. The van der Waals surface area contributed by atoms with Crippen LogP contribution >= 0.6 is 0 Å². The summed E-state index contributed by atoms with van der Waals surface area (Å²) in [7, 11) is 0. The number of hydrogen-bond acceptors (Lipinski definition) is 4. The van der Waals surface area contributed by atoms with E-state index in [9.17, 15) is 9.59 Å². The van der Waals surface area contributed by atoms with Crippen LogP contribution in [0.1, 0.15) is 63.4 Å². The van der Waals surface area contributed by atoms with E-state index in [2.05, 4.69) is 45.6 Å². The molecule has 0 spiro atoms. The standard InChI is InChI=1S/C26H36N4O2/c31-25(27-23-11-7-2-1-3-8-12-23)20-30-26(32)14-13-24(28-30)29-17-15-22(16-18-29)19-21-9-5-4-6-10-21/h4-6,9-10,13-14,22-23H,1-3,7-8,11-12,15-20H2,(H,27,31). The number of nitrogens with zero attached hydrogens (tertiary/aromatic N) is 3. The van der Waals surface area contributed by atoms with Crippen molar-refractivity contribution in [2.24, 2.45) is 5.92 Å². The molecular weight excluding hydrogens is 400 g/mol. The highest BCUT2D eigenvalue weighted by molar-refractivity contribution is 5.75. The lowest BCUT2D eigenvalue weighted by atomic mass is 9.90. The van der Waals surface area contributed by atoms with Crippen LogP contribution in [0.3, 0.4) is 0 Å². The van der Waals surface area contributed by atoms with Crippen LogP contribution in [0.15, 0.2) is 47.3 Å². The number of benzene rings is 1. The molecule has 0 unspecified atom stereocenters. The van der Waals surface area contributed by atoms with Gasteiger partial charge in [0.1, 0.15) is 12.4 Å². The highest BCUT2D eigenvalue weighted by Crippen LogP contribution is 2.24. The summed E-state index contributed by atoms with van der Waals surface area (Å²) < 4.78 is 1.32. The van der Waals surface area contributed by atoms with Crippen LogP contribution in [0.2, 0.25) is 0 Å². The Hall–Kier alpha value is -2.63. The largest absolute Gasteiger partial charge is 0.355 e. The molecule has 2 fully saturated rings. The summed E-state index contributed by atoms with van der Waals surface area (Å²) in [6.07, 6.45) is 11.5. The van der Waals surface area contributed by atoms with Gasteiger partial charge in [0.15, 0.2) is 0 Å². The summed E-state index contributed by atoms with van der Waals surface area (Å²) in [5, 5.41) is 7.68. The molecule has 4 rings (SSSR count). The third kappa shape index (κ3) is 6.44. The second-order valence-corrected chi connectivity index (χ2v) is 9.42. The van der Waals surface area contributed by atoms with Crippen molar-refractivity contribution in [2.75, 3.05) is 18.0 Å². The Labute approximate surface area is 191 Å². The molecule has 32 heavy (non-hydrogen) atoms. The first-order valence-electron chi connectivity index (χ1n) is 12.3. The summed E-state index contributed by atoms with van der Waals surface area (Å²) in [6.45, 7) is 1.85. The monoisotopic (exact) mass is 436 g/mol. The Bertz CT molecular complexity index is 911. The third-order valence-corrected chi connectivity index (χ3v) is 6.92. The Kier molecular flexibility index (Phi) is 7.97. The number of carbonyl (C=O) groups excluding carboxylic acids is 1. The van der Waals surface area contributed by atoms with E-state index in [0.717, 1.165) is 51.0 Å². The molecule has 6 nitrogen and oxygen atoms in total. The van der Waals surface area contributed by atoms with Crippen LogP contribution in [0.4, 0.5) is 5.82 Å². The molecular formula is C26H36N4O2. The summed E-state index contributed by atoms with van der Waals surface area (Å²) in [4.78, 5) is 27.2. The highest BCUT2D eigenvalue weighted by Gasteiger charge is 2.21. The minimum atomic E-state index is -0.222. The average molecular weight is 437 g/mol. The van der Waals surface area contributed by atoms with Crippen LogP contribution in [-0.2, 0) is 17.8 Å². The van der Waals surface area contributed by atoms with Crippen LogP contribution < -0.4 is 15.8 Å². The lowest BCUT2D eigenvalue weighted by Gasteiger charge is -2.33. The van der Waals surface area contributed by atoms with Gasteiger partial charge < -0.3 is 10.2 Å². The molecule has 2 heterocycles. The number of hydrogen-bond donors (Lipinski definition) is 1. The van der Waals surface area contributed by atoms with E-state index in [1.165, 1.54) is 42.3 Å². The molecule has 0 atom stereocenters. The summed E-state index contributed by atoms with van der Waals surface area (Å²) in [6, 6.07) is 14.2. The maximum Gasteiger partial charge on any atom is 0.267 e. The molecule has 1 saturated heterocycles. The lowest BCUT2D eigenvalue weighted by molar-refractivity contribution is -0.122.